The predicted octanol–water partition coefficient (Wildman–Crippen LogP) is 5.56. The monoisotopic (exact) mass is 515 g/mol. The highest BCUT2D eigenvalue weighted by Crippen LogP contribution is 2.42. The van der Waals surface area contributed by atoms with Gasteiger partial charge in [0.25, 0.3) is 0 Å². The number of aliphatic imine (C=N–C) groups is 1. The van der Waals surface area contributed by atoms with Crippen LogP contribution < -0.4 is 0 Å². The third-order valence-electron chi connectivity index (χ3n) is 6.52. The van der Waals surface area contributed by atoms with E-state index in [1.165, 1.54) is 0 Å². The van der Waals surface area contributed by atoms with E-state index in [2.05, 4.69) is 9.89 Å². The number of benzene rings is 2. The van der Waals surface area contributed by atoms with Crippen LogP contribution in [-0.2, 0) is 9.63 Å². The number of piperazine rings is 1. The molecule has 1 heterocycles. The number of hydrogen-bond donors (Lipinski definition) is 1. The molecule has 1 fully saturated rings. The molecule has 0 spiro atoms. The van der Waals surface area contributed by atoms with E-state index in [-0.39, 0.29) is 17.5 Å². The van der Waals surface area contributed by atoms with Gasteiger partial charge in [0.1, 0.15) is 5.76 Å². The van der Waals surface area contributed by atoms with Crippen molar-refractivity contribution in [2.75, 3.05) is 45.9 Å². The molecule has 0 aromatic heterocycles. The van der Waals surface area contributed by atoms with Gasteiger partial charge in [0, 0.05) is 67.4 Å². The molecule has 2 aromatic rings. The van der Waals surface area contributed by atoms with Gasteiger partial charge < -0.3 is 5.11 Å². The second-order valence-electron chi connectivity index (χ2n) is 8.80. The number of halogens is 2. The Hall–Kier alpha value is -2.22. The Kier molecular flexibility index (Phi) is 8.98. The number of carbonyl (C=O) groups is 1. The molecule has 1 N–H and O–H groups in total. The summed E-state index contributed by atoms with van der Waals surface area (Å²) < 4.78 is 0. The smallest absolute Gasteiger partial charge is 0.168 e. The van der Waals surface area contributed by atoms with Crippen LogP contribution in [0.15, 0.2) is 58.8 Å². The first-order valence-corrected chi connectivity index (χ1v) is 12.8. The van der Waals surface area contributed by atoms with Gasteiger partial charge in [0.15, 0.2) is 5.78 Å². The number of hydrogen-bond acceptors (Lipinski definition) is 6. The van der Waals surface area contributed by atoms with Crippen LogP contribution in [0.2, 0.25) is 10.0 Å². The Labute approximate surface area is 216 Å². The highest BCUT2D eigenvalue weighted by atomic mass is 35.5. The van der Waals surface area contributed by atoms with Crippen LogP contribution >= 0.6 is 23.2 Å². The zero-order valence-corrected chi connectivity index (χ0v) is 21.4. The average Bonchev–Trinajstić information content (AvgIpc) is 2.84. The third kappa shape index (κ3) is 6.32. The zero-order chi connectivity index (χ0) is 24.8. The molecule has 2 aliphatic rings. The zero-order valence-electron chi connectivity index (χ0n) is 19.9. The molecule has 1 saturated heterocycles. The number of carbonyl (C=O) groups excluding carboxylic acids is 1. The molecule has 0 radical (unpaired) electrons. The van der Waals surface area contributed by atoms with Gasteiger partial charge >= 0.3 is 0 Å². The molecule has 0 amide bonds. The largest absolute Gasteiger partial charge is 0.511 e. The molecule has 1 unspecified atom stereocenters. The molecule has 35 heavy (non-hydrogen) atoms. The van der Waals surface area contributed by atoms with Crippen molar-refractivity contribution in [3.8, 4) is 11.1 Å². The van der Waals surface area contributed by atoms with E-state index in [1.807, 2.05) is 42.3 Å². The molecule has 1 atom stereocenters. The van der Waals surface area contributed by atoms with Crippen LogP contribution in [0.25, 0.3) is 11.1 Å². The van der Waals surface area contributed by atoms with Gasteiger partial charge in [-0.1, -0.05) is 53.5 Å². The maximum Gasteiger partial charge on any atom is 0.168 e. The summed E-state index contributed by atoms with van der Waals surface area (Å²) in [5.74, 6) is -0.182. The fourth-order valence-electron chi connectivity index (χ4n) is 4.73. The molecular weight excluding hydrogens is 485 g/mol. The molecule has 0 saturated carbocycles. The minimum absolute atomic E-state index is 0.0837. The lowest BCUT2D eigenvalue weighted by atomic mass is 9.80. The molecule has 2 aromatic carbocycles. The molecule has 4 rings (SSSR count). The van der Waals surface area contributed by atoms with Gasteiger partial charge in [-0.25, -0.2) is 0 Å². The first-order valence-electron chi connectivity index (χ1n) is 12.1. The summed E-state index contributed by atoms with van der Waals surface area (Å²) in [5, 5.41) is 13.9. The lowest BCUT2D eigenvalue weighted by molar-refractivity contribution is -0.172. The summed E-state index contributed by atoms with van der Waals surface area (Å²) in [5.41, 5.74) is 2.90. The van der Waals surface area contributed by atoms with Crippen molar-refractivity contribution in [3.05, 3.63) is 69.4 Å². The Bertz CT molecular complexity index is 1090. The summed E-state index contributed by atoms with van der Waals surface area (Å²) in [6.45, 7) is 7.69. The van der Waals surface area contributed by atoms with Crippen molar-refractivity contribution in [1.82, 2.24) is 9.96 Å². The lowest BCUT2D eigenvalue weighted by Gasteiger charge is -2.33. The van der Waals surface area contributed by atoms with E-state index in [0.717, 1.165) is 49.4 Å². The van der Waals surface area contributed by atoms with Crippen molar-refractivity contribution >= 4 is 35.2 Å². The van der Waals surface area contributed by atoms with E-state index >= 15 is 0 Å². The predicted molar refractivity (Wildman–Crippen MR) is 142 cm³/mol. The van der Waals surface area contributed by atoms with E-state index < -0.39 is 0 Å². The van der Waals surface area contributed by atoms with Crippen molar-refractivity contribution in [3.63, 3.8) is 0 Å². The number of rotatable bonds is 8. The van der Waals surface area contributed by atoms with Crippen molar-refractivity contribution < 1.29 is 14.7 Å². The molecular formula is C27H31Cl2N3O3. The van der Waals surface area contributed by atoms with Crippen LogP contribution in [-0.4, -0.2) is 72.9 Å². The second-order valence-corrected chi connectivity index (χ2v) is 9.61. The number of aliphatic hydroxyl groups excluding tert-OH is 1. The minimum Gasteiger partial charge on any atom is -0.511 e. The topological polar surface area (TPSA) is 65.4 Å². The number of hydroxylamine groups is 2. The summed E-state index contributed by atoms with van der Waals surface area (Å²) in [4.78, 5) is 25.3. The Balaban J connectivity index is 1.41. The van der Waals surface area contributed by atoms with Crippen LogP contribution in [0.3, 0.4) is 0 Å². The summed E-state index contributed by atoms with van der Waals surface area (Å²) >= 11 is 12.9. The standard InChI is InChI=1S/C27H31Cl2N3O3/c1-2-35-32-14-12-31(13-15-32)11-10-30-18-22-25(33)16-19(17-26(22)34)20-6-3-4-7-21(20)27-23(28)8-5-9-24(27)29/h3-9,18-19,33H,2,10-17H2,1H3. The Morgan fingerprint density at radius 1 is 1.06 bits per heavy atom. The SMILES string of the molecule is CCON1CCN(CCN=CC2=C(O)CC(c3ccccc3-c3c(Cl)cccc3Cl)CC2=O)CC1. The number of aliphatic hydroxyl groups is 1. The Morgan fingerprint density at radius 3 is 2.46 bits per heavy atom. The van der Waals surface area contributed by atoms with Crippen LogP contribution in [0, 0.1) is 0 Å². The fraction of sp³-hybridized carbons (Fsp3) is 0.407. The molecule has 6 nitrogen and oxygen atoms in total. The van der Waals surface area contributed by atoms with E-state index in [0.29, 0.717) is 41.6 Å². The van der Waals surface area contributed by atoms with Crippen molar-refractivity contribution in [2.24, 2.45) is 4.99 Å². The van der Waals surface area contributed by atoms with E-state index in [9.17, 15) is 9.90 Å². The second kappa shape index (κ2) is 12.2. The summed E-state index contributed by atoms with van der Waals surface area (Å²) in [6, 6.07) is 13.2. The highest BCUT2D eigenvalue weighted by Gasteiger charge is 2.30. The van der Waals surface area contributed by atoms with Gasteiger partial charge in [-0.05, 0) is 36.1 Å². The van der Waals surface area contributed by atoms with Gasteiger partial charge in [0.05, 0.1) is 18.7 Å². The molecule has 0 bridgehead atoms. The van der Waals surface area contributed by atoms with Crippen molar-refractivity contribution in [1.29, 1.82) is 0 Å². The molecule has 186 valence electrons. The van der Waals surface area contributed by atoms with Crippen LogP contribution in [0.4, 0.5) is 0 Å². The summed E-state index contributed by atoms with van der Waals surface area (Å²) in [7, 11) is 0. The van der Waals surface area contributed by atoms with Crippen molar-refractivity contribution in [2.45, 2.75) is 25.7 Å². The normalized spacial score (nSPS) is 20.2. The van der Waals surface area contributed by atoms with Crippen LogP contribution in [0.1, 0.15) is 31.2 Å². The van der Waals surface area contributed by atoms with Gasteiger partial charge in [0.2, 0.25) is 0 Å². The fourth-order valence-corrected chi connectivity index (χ4v) is 5.33. The average molecular weight is 516 g/mol. The molecule has 8 heteroatoms. The quantitative estimate of drug-likeness (QED) is 0.466. The van der Waals surface area contributed by atoms with Gasteiger partial charge in [-0.15, -0.1) is 0 Å². The molecule has 1 aliphatic carbocycles. The van der Waals surface area contributed by atoms with E-state index in [1.54, 1.807) is 18.3 Å². The highest BCUT2D eigenvalue weighted by molar-refractivity contribution is 6.39. The minimum atomic E-state index is -0.162. The first-order chi connectivity index (χ1) is 17.0. The number of nitrogens with zero attached hydrogens (tertiary/aromatic N) is 3. The van der Waals surface area contributed by atoms with Crippen LogP contribution in [0.5, 0.6) is 0 Å². The van der Waals surface area contributed by atoms with E-state index in [4.69, 9.17) is 28.0 Å². The number of ketones is 1. The first kappa shape index (κ1) is 25.9. The lowest BCUT2D eigenvalue weighted by Crippen LogP contribution is -2.46. The number of Topliss-reactive ketones (excluding diaryl/α,β-unsaturated/α-hetero) is 1. The maximum atomic E-state index is 13.0. The molecule has 1 aliphatic heterocycles. The maximum absolute atomic E-state index is 13.0. The third-order valence-corrected chi connectivity index (χ3v) is 7.15. The summed E-state index contributed by atoms with van der Waals surface area (Å²) in [6.07, 6.45) is 2.20. The number of allylic oxidation sites excluding steroid dienone is 2. The van der Waals surface area contributed by atoms with Gasteiger partial charge in [-0.3, -0.25) is 19.5 Å². The Morgan fingerprint density at radius 2 is 1.77 bits per heavy atom. The van der Waals surface area contributed by atoms with Gasteiger partial charge in [-0.2, -0.15) is 5.06 Å².